The number of aliphatic hydroxyl groups is 1. The third-order valence-electron chi connectivity index (χ3n) is 2.38. The standard InChI is InChI=1S/C12H13NO3/c1-3-11-7-10(5-4-6-14)8-12(9(11)2)13(15)16/h7-8,14H,3,6H2,1-2H3. The van der Waals surface area contributed by atoms with Crippen LogP contribution >= 0.6 is 0 Å². The van der Waals surface area contributed by atoms with E-state index in [1.54, 1.807) is 6.92 Å². The molecule has 0 spiro atoms. The Morgan fingerprint density at radius 1 is 1.50 bits per heavy atom. The number of aryl methyl sites for hydroxylation is 1. The van der Waals surface area contributed by atoms with Gasteiger partial charge in [0, 0.05) is 17.2 Å². The van der Waals surface area contributed by atoms with Gasteiger partial charge in [-0.15, -0.1) is 0 Å². The average molecular weight is 219 g/mol. The topological polar surface area (TPSA) is 63.4 Å². The molecule has 1 aromatic rings. The van der Waals surface area contributed by atoms with Gasteiger partial charge in [-0.2, -0.15) is 0 Å². The molecule has 0 aliphatic heterocycles. The van der Waals surface area contributed by atoms with Crippen molar-refractivity contribution in [1.29, 1.82) is 0 Å². The maximum absolute atomic E-state index is 10.8. The Hall–Kier alpha value is -1.86. The Labute approximate surface area is 94.1 Å². The maximum atomic E-state index is 10.8. The summed E-state index contributed by atoms with van der Waals surface area (Å²) in [6.07, 6.45) is 0.724. The zero-order valence-electron chi connectivity index (χ0n) is 9.28. The van der Waals surface area contributed by atoms with Crippen molar-refractivity contribution in [2.45, 2.75) is 20.3 Å². The lowest BCUT2D eigenvalue weighted by atomic mass is 10.0. The van der Waals surface area contributed by atoms with Crippen molar-refractivity contribution in [2.75, 3.05) is 6.61 Å². The summed E-state index contributed by atoms with van der Waals surface area (Å²) in [6.45, 7) is 3.43. The Morgan fingerprint density at radius 3 is 2.69 bits per heavy atom. The molecule has 0 aliphatic rings. The molecular weight excluding hydrogens is 206 g/mol. The summed E-state index contributed by atoms with van der Waals surface area (Å²) in [7, 11) is 0. The minimum Gasteiger partial charge on any atom is -0.384 e. The number of benzene rings is 1. The molecule has 0 saturated carbocycles. The highest BCUT2D eigenvalue weighted by Gasteiger charge is 2.14. The highest BCUT2D eigenvalue weighted by Crippen LogP contribution is 2.23. The molecule has 84 valence electrons. The van der Waals surface area contributed by atoms with E-state index in [-0.39, 0.29) is 12.3 Å². The Bertz CT molecular complexity index is 469. The van der Waals surface area contributed by atoms with Crippen LogP contribution in [-0.2, 0) is 6.42 Å². The molecule has 0 aliphatic carbocycles. The van der Waals surface area contributed by atoms with E-state index in [0.29, 0.717) is 11.1 Å². The Morgan fingerprint density at radius 2 is 2.19 bits per heavy atom. The number of hydrogen-bond donors (Lipinski definition) is 1. The van der Waals surface area contributed by atoms with Crippen molar-refractivity contribution in [3.8, 4) is 11.8 Å². The number of aliphatic hydroxyl groups excluding tert-OH is 1. The highest BCUT2D eigenvalue weighted by atomic mass is 16.6. The van der Waals surface area contributed by atoms with Gasteiger partial charge < -0.3 is 5.11 Å². The predicted molar refractivity (Wildman–Crippen MR) is 61.2 cm³/mol. The molecule has 4 heteroatoms. The van der Waals surface area contributed by atoms with Crippen LogP contribution in [0.25, 0.3) is 0 Å². The normalized spacial score (nSPS) is 9.44. The van der Waals surface area contributed by atoms with Gasteiger partial charge in [-0.25, -0.2) is 0 Å². The molecule has 0 saturated heterocycles. The van der Waals surface area contributed by atoms with Crippen LogP contribution in [0.3, 0.4) is 0 Å². The molecule has 0 bridgehead atoms. The number of nitro benzene ring substituents is 1. The first-order valence-corrected chi connectivity index (χ1v) is 4.97. The molecule has 16 heavy (non-hydrogen) atoms. The van der Waals surface area contributed by atoms with Crippen LogP contribution in [0, 0.1) is 28.9 Å². The summed E-state index contributed by atoms with van der Waals surface area (Å²) >= 11 is 0. The molecule has 0 aromatic heterocycles. The lowest BCUT2D eigenvalue weighted by molar-refractivity contribution is -0.385. The second-order valence-corrected chi connectivity index (χ2v) is 3.35. The van der Waals surface area contributed by atoms with Crippen LogP contribution in [0.5, 0.6) is 0 Å². The predicted octanol–water partition coefficient (Wildman–Crippen LogP) is 1.81. The molecule has 1 rings (SSSR count). The van der Waals surface area contributed by atoms with Gasteiger partial charge in [0.1, 0.15) is 6.61 Å². The molecule has 0 atom stereocenters. The Balaban J connectivity index is 3.34. The molecule has 1 N–H and O–H groups in total. The molecule has 4 nitrogen and oxygen atoms in total. The van der Waals surface area contributed by atoms with Crippen molar-refractivity contribution in [3.05, 3.63) is 38.9 Å². The van der Waals surface area contributed by atoms with Crippen molar-refractivity contribution in [3.63, 3.8) is 0 Å². The second-order valence-electron chi connectivity index (χ2n) is 3.35. The van der Waals surface area contributed by atoms with Crippen LogP contribution in [0.4, 0.5) is 5.69 Å². The van der Waals surface area contributed by atoms with Gasteiger partial charge in [-0.05, 0) is 25.0 Å². The minimum atomic E-state index is -0.404. The first-order valence-electron chi connectivity index (χ1n) is 4.97. The lowest BCUT2D eigenvalue weighted by Gasteiger charge is -2.04. The van der Waals surface area contributed by atoms with E-state index < -0.39 is 4.92 Å². The van der Waals surface area contributed by atoms with Crippen LogP contribution in [0.15, 0.2) is 12.1 Å². The minimum absolute atomic E-state index is 0.0848. The average Bonchev–Trinajstić information content (AvgIpc) is 2.27. The lowest BCUT2D eigenvalue weighted by Crippen LogP contribution is -1.97. The smallest absolute Gasteiger partial charge is 0.273 e. The van der Waals surface area contributed by atoms with Gasteiger partial charge in [-0.3, -0.25) is 10.1 Å². The summed E-state index contributed by atoms with van der Waals surface area (Å²) in [5.41, 5.74) is 2.25. The number of nitrogens with zero attached hydrogens (tertiary/aromatic N) is 1. The van der Waals surface area contributed by atoms with Gasteiger partial charge in [-0.1, -0.05) is 18.8 Å². The largest absolute Gasteiger partial charge is 0.384 e. The third kappa shape index (κ3) is 2.59. The van der Waals surface area contributed by atoms with E-state index in [2.05, 4.69) is 11.8 Å². The van der Waals surface area contributed by atoms with E-state index in [0.717, 1.165) is 12.0 Å². The maximum Gasteiger partial charge on any atom is 0.273 e. The van der Waals surface area contributed by atoms with Crippen LogP contribution < -0.4 is 0 Å². The van der Waals surface area contributed by atoms with Crippen molar-refractivity contribution < 1.29 is 10.0 Å². The fourth-order valence-corrected chi connectivity index (χ4v) is 1.53. The third-order valence-corrected chi connectivity index (χ3v) is 2.38. The summed E-state index contributed by atoms with van der Waals surface area (Å²) < 4.78 is 0. The van der Waals surface area contributed by atoms with E-state index in [4.69, 9.17) is 5.11 Å². The summed E-state index contributed by atoms with van der Waals surface area (Å²) in [5, 5.41) is 19.4. The monoisotopic (exact) mass is 219 g/mol. The fraction of sp³-hybridized carbons (Fsp3) is 0.333. The first-order chi connectivity index (χ1) is 7.60. The summed E-state index contributed by atoms with van der Waals surface area (Å²) in [5.74, 6) is 5.17. The van der Waals surface area contributed by atoms with E-state index in [1.807, 2.05) is 13.0 Å². The summed E-state index contributed by atoms with van der Waals surface area (Å²) in [6, 6.07) is 3.27. The number of nitro groups is 1. The molecule has 0 radical (unpaired) electrons. The van der Waals surface area contributed by atoms with Gasteiger partial charge in [0.05, 0.1) is 4.92 Å². The van der Waals surface area contributed by atoms with Crippen LogP contribution in [0.2, 0.25) is 0 Å². The van der Waals surface area contributed by atoms with Gasteiger partial charge in [0.15, 0.2) is 0 Å². The van der Waals surface area contributed by atoms with E-state index in [1.165, 1.54) is 6.07 Å². The van der Waals surface area contributed by atoms with Crippen molar-refractivity contribution >= 4 is 5.69 Å². The van der Waals surface area contributed by atoms with E-state index >= 15 is 0 Å². The van der Waals surface area contributed by atoms with Gasteiger partial charge in [0.2, 0.25) is 0 Å². The highest BCUT2D eigenvalue weighted by molar-refractivity contribution is 5.52. The molecule has 1 aromatic carbocycles. The molecule has 0 amide bonds. The molecular formula is C12H13NO3. The van der Waals surface area contributed by atoms with Crippen LogP contribution in [-0.4, -0.2) is 16.6 Å². The van der Waals surface area contributed by atoms with Crippen LogP contribution in [0.1, 0.15) is 23.6 Å². The zero-order chi connectivity index (χ0) is 12.1. The van der Waals surface area contributed by atoms with Gasteiger partial charge in [0.25, 0.3) is 5.69 Å². The first kappa shape index (κ1) is 12.2. The molecule has 0 fully saturated rings. The fourth-order valence-electron chi connectivity index (χ4n) is 1.53. The quantitative estimate of drug-likeness (QED) is 0.468. The second kappa shape index (κ2) is 5.29. The van der Waals surface area contributed by atoms with Crippen molar-refractivity contribution in [2.24, 2.45) is 0 Å². The Kier molecular flexibility index (Phi) is 4.03. The molecule has 0 heterocycles. The zero-order valence-corrected chi connectivity index (χ0v) is 9.28. The van der Waals surface area contributed by atoms with Crippen molar-refractivity contribution in [1.82, 2.24) is 0 Å². The number of rotatable bonds is 2. The SMILES string of the molecule is CCc1cc(C#CCO)cc([N+](=O)[O-])c1C. The summed E-state index contributed by atoms with van der Waals surface area (Å²) in [4.78, 5) is 10.4. The number of hydrogen-bond acceptors (Lipinski definition) is 3. The molecule has 0 unspecified atom stereocenters. The van der Waals surface area contributed by atoms with E-state index in [9.17, 15) is 10.1 Å². The van der Waals surface area contributed by atoms with Gasteiger partial charge >= 0.3 is 0 Å².